The number of aromatic nitrogens is 1. The Kier molecular flexibility index (Phi) is 6.21. The SMILES string of the molecule is CN(CC(C)(C)CN)C(=O)c1ccc(-c2ccccc2)[nH]1.Cl. The number of nitrogens with two attached hydrogens (primary N) is 1. The van der Waals surface area contributed by atoms with Gasteiger partial charge in [0.25, 0.3) is 5.91 Å². The molecule has 1 aromatic heterocycles. The number of carbonyl (C=O) groups excluding carboxylic acids is 1. The molecule has 3 N–H and O–H groups in total. The number of H-pyrrole nitrogens is 1. The van der Waals surface area contributed by atoms with Crippen LogP contribution in [0.5, 0.6) is 0 Å². The van der Waals surface area contributed by atoms with Crippen molar-refractivity contribution in [2.75, 3.05) is 20.1 Å². The molecule has 5 heteroatoms. The fraction of sp³-hybridized carbons (Fsp3) is 0.353. The third-order valence-corrected chi connectivity index (χ3v) is 3.57. The molecule has 22 heavy (non-hydrogen) atoms. The molecule has 0 aliphatic carbocycles. The van der Waals surface area contributed by atoms with Gasteiger partial charge in [-0.25, -0.2) is 0 Å². The number of hydrogen-bond acceptors (Lipinski definition) is 2. The molecule has 0 atom stereocenters. The molecule has 120 valence electrons. The van der Waals surface area contributed by atoms with E-state index in [1.54, 1.807) is 4.90 Å². The van der Waals surface area contributed by atoms with Gasteiger partial charge in [0.1, 0.15) is 5.69 Å². The van der Waals surface area contributed by atoms with Gasteiger partial charge in [-0.2, -0.15) is 0 Å². The summed E-state index contributed by atoms with van der Waals surface area (Å²) >= 11 is 0. The van der Waals surface area contributed by atoms with E-state index in [1.165, 1.54) is 0 Å². The van der Waals surface area contributed by atoms with Gasteiger partial charge in [0.15, 0.2) is 0 Å². The van der Waals surface area contributed by atoms with Gasteiger partial charge in [-0.1, -0.05) is 44.2 Å². The smallest absolute Gasteiger partial charge is 0.270 e. The summed E-state index contributed by atoms with van der Waals surface area (Å²) in [4.78, 5) is 17.3. The summed E-state index contributed by atoms with van der Waals surface area (Å²) in [6.07, 6.45) is 0. The number of nitrogens with one attached hydrogen (secondary N) is 1. The highest BCUT2D eigenvalue weighted by atomic mass is 35.5. The summed E-state index contributed by atoms with van der Waals surface area (Å²) in [7, 11) is 1.81. The lowest BCUT2D eigenvalue weighted by molar-refractivity contribution is 0.0735. The molecule has 0 saturated carbocycles. The van der Waals surface area contributed by atoms with Crippen LogP contribution in [0.25, 0.3) is 11.3 Å². The molecule has 0 fully saturated rings. The summed E-state index contributed by atoms with van der Waals surface area (Å²) < 4.78 is 0. The van der Waals surface area contributed by atoms with Gasteiger partial charge >= 0.3 is 0 Å². The monoisotopic (exact) mass is 321 g/mol. The number of hydrogen-bond donors (Lipinski definition) is 2. The van der Waals surface area contributed by atoms with Crippen molar-refractivity contribution in [1.82, 2.24) is 9.88 Å². The fourth-order valence-electron chi connectivity index (χ4n) is 2.29. The minimum atomic E-state index is -0.0841. The quantitative estimate of drug-likeness (QED) is 0.888. The van der Waals surface area contributed by atoms with Crippen molar-refractivity contribution in [2.45, 2.75) is 13.8 Å². The lowest BCUT2D eigenvalue weighted by atomic mass is 9.93. The number of amides is 1. The first kappa shape index (κ1) is 18.3. The Balaban J connectivity index is 0.00000242. The average Bonchev–Trinajstić information content (AvgIpc) is 2.96. The highest BCUT2D eigenvalue weighted by Crippen LogP contribution is 2.20. The maximum atomic E-state index is 12.4. The molecule has 0 unspecified atom stereocenters. The third-order valence-electron chi connectivity index (χ3n) is 3.57. The molecular formula is C17H24ClN3O. The van der Waals surface area contributed by atoms with Crippen LogP contribution in [0.4, 0.5) is 0 Å². The van der Waals surface area contributed by atoms with E-state index in [9.17, 15) is 4.79 Å². The second-order valence-electron chi connectivity index (χ2n) is 6.18. The zero-order chi connectivity index (χ0) is 15.5. The minimum Gasteiger partial charge on any atom is -0.351 e. The topological polar surface area (TPSA) is 62.1 Å². The summed E-state index contributed by atoms with van der Waals surface area (Å²) in [5.74, 6) is -0.0151. The number of benzene rings is 1. The van der Waals surface area contributed by atoms with E-state index in [2.05, 4.69) is 18.8 Å². The minimum absolute atomic E-state index is 0. The molecule has 0 bridgehead atoms. The van der Waals surface area contributed by atoms with Crippen LogP contribution in [-0.2, 0) is 0 Å². The van der Waals surface area contributed by atoms with Crippen LogP contribution in [0.15, 0.2) is 42.5 Å². The maximum Gasteiger partial charge on any atom is 0.270 e. The standard InChI is InChI=1S/C17H23N3O.ClH/c1-17(2,11-18)12-20(3)16(21)15-10-9-14(19-15)13-7-5-4-6-8-13;/h4-10,19H,11-12,18H2,1-3H3;1H. The summed E-state index contributed by atoms with van der Waals surface area (Å²) in [6, 6.07) is 13.7. The van der Waals surface area contributed by atoms with E-state index < -0.39 is 0 Å². The zero-order valence-electron chi connectivity index (χ0n) is 13.3. The lowest BCUT2D eigenvalue weighted by Gasteiger charge is -2.28. The van der Waals surface area contributed by atoms with E-state index in [1.807, 2.05) is 49.5 Å². The Hall–Kier alpha value is -1.78. The van der Waals surface area contributed by atoms with E-state index in [0.29, 0.717) is 18.8 Å². The molecule has 0 aliphatic heterocycles. The Morgan fingerprint density at radius 2 is 1.82 bits per heavy atom. The zero-order valence-corrected chi connectivity index (χ0v) is 14.1. The molecule has 0 radical (unpaired) electrons. The summed E-state index contributed by atoms with van der Waals surface area (Å²) in [6.45, 7) is 5.29. The van der Waals surface area contributed by atoms with Crippen molar-refractivity contribution in [3.05, 3.63) is 48.2 Å². The normalized spacial score (nSPS) is 10.9. The van der Waals surface area contributed by atoms with Crippen molar-refractivity contribution < 1.29 is 4.79 Å². The van der Waals surface area contributed by atoms with Crippen LogP contribution in [-0.4, -0.2) is 35.9 Å². The van der Waals surface area contributed by atoms with Crippen molar-refractivity contribution >= 4 is 18.3 Å². The van der Waals surface area contributed by atoms with Gasteiger partial charge in [0, 0.05) is 19.3 Å². The number of aromatic amines is 1. The third kappa shape index (κ3) is 4.36. The first-order valence-electron chi connectivity index (χ1n) is 7.13. The molecule has 0 aliphatic rings. The van der Waals surface area contributed by atoms with E-state index >= 15 is 0 Å². The van der Waals surface area contributed by atoms with Gasteiger partial charge in [-0.05, 0) is 29.7 Å². The van der Waals surface area contributed by atoms with Crippen molar-refractivity contribution in [1.29, 1.82) is 0 Å². The number of halogens is 1. The Morgan fingerprint density at radius 1 is 1.18 bits per heavy atom. The fourth-order valence-corrected chi connectivity index (χ4v) is 2.29. The molecule has 1 aromatic carbocycles. The van der Waals surface area contributed by atoms with Crippen LogP contribution in [0.1, 0.15) is 24.3 Å². The van der Waals surface area contributed by atoms with E-state index in [0.717, 1.165) is 11.3 Å². The van der Waals surface area contributed by atoms with Gasteiger partial charge in [-0.15, -0.1) is 12.4 Å². The van der Waals surface area contributed by atoms with Crippen molar-refractivity contribution in [2.24, 2.45) is 11.1 Å². The van der Waals surface area contributed by atoms with Crippen LogP contribution >= 0.6 is 12.4 Å². The van der Waals surface area contributed by atoms with Gasteiger partial charge in [0.05, 0.1) is 0 Å². The molecule has 0 saturated heterocycles. The van der Waals surface area contributed by atoms with E-state index in [-0.39, 0.29) is 23.7 Å². The second kappa shape index (κ2) is 7.47. The van der Waals surface area contributed by atoms with Gasteiger partial charge in [-0.3, -0.25) is 4.79 Å². The molecule has 1 amide bonds. The lowest BCUT2D eigenvalue weighted by Crippen LogP contribution is -2.39. The van der Waals surface area contributed by atoms with Crippen LogP contribution in [0, 0.1) is 5.41 Å². The van der Waals surface area contributed by atoms with Crippen LogP contribution < -0.4 is 5.73 Å². The predicted molar refractivity (Wildman–Crippen MR) is 93.3 cm³/mol. The largest absolute Gasteiger partial charge is 0.351 e. The maximum absolute atomic E-state index is 12.4. The molecule has 4 nitrogen and oxygen atoms in total. The summed E-state index contributed by atoms with van der Waals surface area (Å²) in [5, 5.41) is 0. The van der Waals surface area contributed by atoms with Crippen molar-refractivity contribution in [3.8, 4) is 11.3 Å². The van der Waals surface area contributed by atoms with Crippen molar-refractivity contribution in [3.63, 3.8) is 0 Å². The highest BCUT2D eigenvalue weighted by molar-refractivity contribution is 5.93. The first-order chi connectivity index (χ1) is 9.93. The predicted octanol–water partition coefficient (Wildman–Crippen LogP) is 3.16. The first-order valence-corrected chi connectivity index (χ1v) is 7.13. The van der Waals surface area contributed by atoms with Gasteiger partial charge in [0.2, 0.25) is 0 Å². The number of nitrogens with zero attached hydrogens (tertiary/aromatic N) is 1. The Labute approximate surface area is 138 Å². The van der Waals surface area contributed by atoms with E-state index in [4.69, 9.17) is 5.73 Å². The van der Waals surface area contributed by atoms with Crippen LogP contribution in [0.3, 0.4) is 0 Å². The average molecular weight is 322 g/mol. The Morgan fingerprint density at radius 3 is 2.41 bits per heavy atom. The molecule has 0 spiro atoms. The number of rotatable bonds is 5. The summed E-state index contributed by atoms with van der Waals surface area (Å²) in [5.41, 5.74) is 8.27. The second-order valence-corrected chi connectivity index (χ2v) is 6.18. The molecule has 2 rings (SSSR count). The van der Waals surface area contributed by atoms with Gasteiger partial charge < -0.3 is 15.6 Å². The number of carbonyl (C=O) groups is 1. The molecule has 1 heterocycles. The Bertz CT molecular complexity index is 607. The van der Waals surface area contributed by atoms with Crippen LogP contribution in [0.2, 0.25) is 0 Å². The molecule has 2 aromatic rings. The molecular weight excluding hydrogens is 298 g/mol. The highest BCUT2D eigenvalue weighted by Gasteiger charge is 2.22.